The summed E-state index contributed by atoms with van der Waals surface area (Å²) in [5, 5.41) is 0. The highest BCUT2D eigenvalue weighted by atomic mass is 14.3. The molecule has 0 N–H and O–H groups in total. The SMILES string of the molecule is [C]1=C(c2ccccc2)CCC2CCCCC12. The van der Waals surface area contributed by atoms with Gasteiger partial charge in [-0.1, -0.05) is 43.2 Å². The lowest BCUT2D eigenvalue weighted by atomic mass is 9.71. The van der Waals surface area contributed by atoms with Crippen LogP contribution in [0.15, 0.2) is 30.3 Å². The molecule has 0 aliphatic heterocycles. The van der Waals surface area contributed by atoms with E-state index in [1.807, 2.05) is 0 Å². The molecule has 1 aromatic carbocycles. The summed E-state index contributed by atoms with van der Waals surface area (Å²) in [6, 6.07) is 10.8. The zero-order valence-electron chi connectivity index (χ0n) is 9.78. The maximum Gasteiger partial charge on any atom is -0.0128 e. The summed E-state index contributed by atoms with van der Waals surface area (Å²) >= 11 is 0. The van der Waals surface area contributed by atoms with Gasteiger partial charge in [0.1, 0.15) is 0 Å². The third-order valence-corrected chi connectivity index (χ3v) is 4.16. The summed E-state index contributed by atoms with van der Waals surface area (Å²) in [6.07, 6.45) is 12.1. The van der Waals surface area contributed by atoms with Gasteiger partial charge in [-0.2, -0.15) is 0 Å². The Hall–Kier alpha value is -1.04. The van der Waals surface area contributed by atoms with Crippen molar-refractivity contribution in [1.29, 1.82) is 0 Å². The fourth-order valence-corrected chi connectivity index (χ4v) is 3.24. The Kier molecular flexibility index (Phi) is 2.82. The molecular weight excluding hydrogens is 192 g/mol. The number of hydrogen-bond donors (Lipinski definition) is 0. The van der Waals surface area contributed by atoms with Gasteiger partial charge in [0, 0.05) is 0 Å². The molecule has 0 amide bonds. The van der Waals surface area contributed by atoms with Gasteiger partial charge >= 0.3 is 0 Å². The van der Waals surface area contributed by atoms with E-state index in [4.69, 9.17) is 0 Å². The van der Waals surface area contributed by atoms with Crippen LogP contribution in [-0.4, -0.2) is 0 Å². The van der Waals surface area contributed by atoms with E-state index in [-0.39, 0.29) is 0 Å². The molecule has 0 bridgehead atoms. The zero-order chi connectivity index (χ0) is 10.8. The lowest BCUT2D eigenvalue weighted by Gasteiger charge is -2.33. The van der Waals surface area contributed by atoms with Crippen LogP contribution >= 0.6 is 0 Å². The average Bonchev–Trinajstić information content (AvgIpc) is 2.39. The predicted molar refractivity (Wildman–Crippen MR) is 67.8 cm³/mol. The molecule has 0 spiro atoms. The lowest BCUT2D eigenvalue weighted by molar-refractivity contribution is 0.255. The van der Waals surface area contributed by atoms with Crippen molar-refractivity contribution in [2.45, 2.75) is 38.5 Å². The van der Waals surface area contributed by atoms with Crippen molar-refractivity contribution in [3.05, 3.63) is 42.0 Å². The highest BCUT2D eigenvalue weighted by molar-refractivity contribution is 5.64. The van der Waals surface area contributed by atoms with Crippen LogP contribution in [0.1, 0.15) is 44.1 Å². The van der Waals surface area contributed by atoms with Crippen molar-refractivity contribution in [3.63, 3.8) is 0 Å². The Labute approximate surface area is 98.4 Å². The highest BCUT2D eigenvalue weighted by Crippen LogP contribution is 2.40. The van der Waals surface area contributed by atoms with Crippen molar-refractivity contribution >= 4 is 5.57 Å². The number of fused-ring (bicyclic) bond motifs is 1. The van der Waals surface area contributed by atoms with E-state index >= 15 is 0 Å². The summed E-state index contributed by atoms with van der Waals surface area (Å²) < 4.78 is 0. The zero-order valence-corrected chi connectivity index (χ0v) is 9.78. The molecule has 0 heteroatoms. The molecule has 0 heterocycles. The monoisotopic (exact) mass is 211 g/mol. The second-order valence-corrected chi connectivity index (χ2v) is 5.18. The Balaban J connectivity index is 1.84. The molecule has 16 heavy (non-hydrogen) atoms. The van der Waals surface area contributed by atoms with Crippen LogP contribution < -0.4 is 0 Å². The molecule has 0 aromatic heterocycles. The van der Waals surface area contributed by atoms with Crippen molar-refractivity contribution in [3.8, 4) is 0 Å². The number of benzene rings is 1. The van der Waals surface area contributed by atoms with Gasteiger partial charge in [-0.3, -0.25) is 0 Å². The molecule has 3 rings (SSSR count). The summed E-state index contributed by atoms with van der Waals surface area (Å²) in [6.45, 7) is 0. The lowest BCUT2D eigenvalue weighted by Crippen LogP contribution is -2.21. The van der Waals surface area contributed by atoms with Crippen LogP contribution in [0.4, 0.5) is 0 Å². The summed E-state index contributed by atoms with van der Waals surface area (Å²) in [4.78, 5) is 0. The summed E-state index contributed by atoms with van der Waals surface area (Å²) in [5.41, 5.74) is 2.87. The van der Waals surface area contributed by atoms with Gasteiger partial charge in [0.05, 0.1) is 0 Å². The summed E-state index contributed by atoms with van der Waals surface area (Å²) in [5.74, 6) is 1.71. The molecular formula is C16H19. The van der Waals surface area contributed by atoms with Crippen LogP contribution in [0.2, 0.25) is 0 Å². The van der Waals surface area contributed by atoms with E-state index in [1.54, 1.807) is 0 Å². The minimum Gasteiger partial charge on any atom is -0.0622 e. The molecule has 2 aliphatic rings. The Morgan fingerprint density at radius 1 is 0.938 bits per heavy atom. The van der Waals surface area contributed by atoms with Gasteiger partial charge in [0.25, 0.3) is 0 Å². The first-order valence-electron chi connectivity index (χ1n) is 6.61. The van der Waals surface area contributed by atoms with Crippen LogP contribution in [0, 0.1) is 17.9 Å². The van der Waals surface area contributed by atoms with Crippen molar-refractivity contribution in [2.24, 2.45) is 11.8 Å². The van der Waals surface area contributed by atoms with Crippen LogP contribution in [0.25, 0.3) is 5.57 Å². The molecule has 0 saturated heterocycles. The molecule has 1 fully saturated rings. The van der Waals surface area contributed by atoms with E-state index < -0.39 is 0 Å². The normalized spacial score (nSPS) is 29.4. The number of allylic oxidation sites excluding steroid dienone is 2. The first kappa shape index (κ1) is 10.1. The second kappa shape index (κ2) is 4.45. The molecule has 1 saturated carbocycles. The predicted octanol–water partition coefficient (Wildman–Crippen LogP) is 4.47. The van der Waals surface area contributed by atoms with Gasteiger partial charge in [-0.05, 0) is 54.7 Å². The molecule has 2 aliphatic carbocycles. The van der Waals surface area contributed by atoms with E-state index in [0.717, 1.165) is 11.8 Å². The molecule has 2 atom stereocenters. The molecule has 1 aromatic rings. The molecule has 2 unspecified atom stereocenters. The fourth-order valence-electron chi connectivity index (χ4n) is 3.24. The first-order chi connectivity index (χ1) is 7.93. The van der Waals surface area contributed by atoms with Crippen molar-refractivity contribution in [2.75, 3.05) is 0 Å². The van der Waals surface area contributed by atoms with E-state index in [0.29, 0.717) is 0 Å². The van der Waals surface area contributed by atoms with Gasteiger partial charge in [-0.15, -0.1) is 0 Å². The standard InChI is InChI=1S/C16H19/c1-2-6-13(7-3-1)16-11-10-14-8-4-5-9-15(14)12-16/h1-3,6-7,14-15H,4-5,8-11H2. The minimum atomic E-state index is 0.762. The number of hydrogen-bond acceptors (Lipinski definition) is 0. The van der Waals surface area contributed by atoms with Gasteiger partial charge in [0.2, 0.25) is 0 Å². The van der Waals surface area contributed by atoms with Crippen molar-refractivity contribution < 1.29 is 0 Å². The fraction of sp³-hybridized carbons (Fsp3) is 0.500. The minimum absolute atomic E-state index is 0.762. The maximum atomic E-state index is 3.79. The quantitative estimate of drug-likeness (QED) is 0.642. The Morgan fingerprint density at radius 3 is 2.62 bits per heavy atom. The van der Waals surface area contributed by atoms with Crippen molar-refractivity contribution in [1.82, 2.24) is 0 Å². The maximum absolute atomic E-state index is 3.79. The molecule has 1 radical (unpaired) electrons. The van der Waals surface area contributed by atoms with Crippen LogP contribution in [0.3, 0.4) is 0 Å². The second-order valence-electron chi connectivity index (χ2n) is 5.18. The largest absolute Gasteiger partial charge is 0.0622 e. The first-order valence-corrected chi connectivity index (χ1v) is 6.61. The average molecular weight is 211 g/mol. The smallest absolute Gasteiger partial charge is 0.0128 e. The van der Waals surface area contributed by atoms with Gasteiger partial charge in [-0.25, -0.2) is 0 Å². The van der Waals surface area contributed by atoms with Crippen LogP contribution in [0.5, 0.6) is 0 Å². The third kappa shape index (κ3) is 1.93. The number of rotatable bonds is 1. The molecule has 83 valence electrons. The topological polar surface area (TPSA) is 0 Å². The highest BCUT2D eigenvalue weighted by Gasteiger charge is 2.27. The van der Waals surface area contributed by atoms with E-state index in [2.05, 4.69) is 36.4 Å². The third-order valence-electron chi connectivity index (χ3n) is 4.16. The molecule has 0 nitrogen and oxygen atoms in total. The van der Waals surface area contributed by atoms with Crippen LogP contribution in [-0.2, 0) is 0 Å². The van der Waals surface area contributed by atoms with E-state index in [1.165, 1.54) is 49.7 Å². The van der Waals surface area contributed by atoms with E-state index in [9.17, 15) is 0 Å². The summed E-state index contributed by atoms with van der Waals surface area (Å²) in [7, 11) is 0. The van der Waals surface area contributed by atoms with Gasteiger partial charge < -0.3 is 0 Å². The van der Waals surface area contributed by atoms with Gasteiger partial charge in [0.15, 0.2) is 0 Å². The Bertz CT molecular complexity index is 374. The Morgan fingerprint density at radius 2 is 1.75 bits per heavy atom.